The van der Waals surface area contributed by atoms with Crippen molar-refractivity contribution in [1.29, 1.82) is 0 Å². The molecule has 1 heterocycles. The summed E-state index contributed by atoms with van der Waals surface area (Å²) in [5, 5.41) is 8.25. The molecule has 3 aromatic rings. The van der Waals surface area contributed by atoms with E-state index in [9.17, 15) is 14.0 Å². The van der Waals surface area contributed by atoms with Crippen LogP contribution in [-0.2, 0) is 4.74 Å². The minimum Gasteiger partial charge on any atom is -0.495 e. The lowest BCUT2D eigenvalue weighted by atomic mass is 10.1. The van der Waals surface area contributed by atoms with E-state index in [1.165, 1.54) is 18.2 Å². The molecule has 1 aliphatic heterocycles. The fourth-order valence-electron chi connectivity index (χ4n) is 4.63. The van der Waals surface area contributed by atoms with Crippen molar-refractivity contribution < 1.29 is 23.5 Å². The van der Waals surface area contributed by atoms with E-state index < -0.39 is 11.8 Å². The molecule has 218 valence electrons. The molecule has 0 aromatic heterocycles. The van der Waals surface area contributed by atoms with E-state index >= 15 is 0 Å². The van der Waals surface area contributed by atoms with Gasteiger partial charge in [-0.15, -0.1) is 0 Å². The lowest BCUT2D eigenvalue weighted by Crippen LogP contribution is -2.47. The zero-order valence-corrected chi connectivity index (χ0v) is 24.0. The number of carbonyl (C=O) groups excluding carboxylic acids is 2. The van der Waals surface area contributed by atoms with Crippen molar-refractivity contribution in [2.24, 2.45) is 0 Å². The molecule has 3 N–H and O–H groups in total. The fraction of sp³-hybridized carbons (Fsp3) is 0.333. The Hall–Kier alpha value is -4.02. The van der Waals surface area contributed by atoms with Gasteiger partial charge in [0.2, 0.25) is 0 Å². The molecule has 11 heteroatoms. The van der Waals surface area contributed by atoms with Crippen molar-refractivity contribution in [3.8, 4) is 5.75 Å². The van der Waals surface area contributed by atoms with Crippen LogP contribution in [0.4, 0.5) is 31.9 Å². The summed E-state index contributed by atoms with van der Waals surface area (Å²) in [5.74, 6) is 0.0107. The zero-order chi connectivity index (χ0) is 29.2. The average Bonchev–Trinajstić information content (AvgIpc) is 2.99. The second kappa shape index (κ2) is 14.6. The van der Waals surface area contributed by atoms with Crippen LogP contribution < -0.4 is 30.5 Å². The smallest absolute Gasteiger partial charge is 0.323 e. The first-order chi connectivity index (χ1) is 19.9. The van der Waals surface area contributed by atoms with Crippen LogP contribution in [0.15, 0.2) is 60.7 Å². The zero-order valence-electron chi connectivity index (χ0n) is 23.2. The number of piperazine rings is 1. The number of amides is 3. The normalized spacial score (nSPS) is 13.1. The Labute approximate surface area is 244 Å². The van der Waals surface area contributed by atoms with E-state index in [1.54, 1.807) is 19.2 Å². The third-order valence-electron chi connectivity index (χ3n) is 6.68. The summed E-state index contributed by atoms with van der Waals surface area (Å²) in [5.41, 5.74) is 3.05. The molecule has 1 aliphatic rings. The highest BCUT2D eigenvalue weighted by Crippen LogP contribution is 2.31. The maximum atomic E-state index is 13.5. The lowest BCUT2D eigenvalue weighted by molar-refractivity contribution is 0.0944. The molecule has 9 nitrogen and oxygen atoms in total. The van der Waals surface area contributed by atoms with Crippen LogP contribution in [0.3, 0.4) is 0 Å². The van der Waals surface area contributed by atoms with Gasteiger partial charge < -0.3 is 35.2 Å². The number of carbonyl (C=O) groups is 2. The van der Waals surface area contributed by atoms with Gasteiger partial charge in [-0.2, -0.15) is 0 Å². The molecule has 0 bridgehead atoms. The average molecular weight is 584 g/mol. The molecule has 0 aliphatic carbocycles. The van der Waals surface area contributed by atoms with E-state index in [4.69, 9.17) is 21.1 Å². The highest BCUT2D eigenvalue weighted by molar-refractivity contribution is 6.31. The van der Waals surface area contributed by atoms with Gasteiger partial charge in [-0.1, -0.05) is 23.7 Å². The summed E-state index contributed by atoms with van der Waals surface area (Å²) in [6.07, 6.45) is 0.688. The van der Waals surface area contributed by atoms with Crippen LogP contribution in [0.1, 0.15) is 23.7 Å². The van der Waals surface area contributed by atoms with Gasteiger partial charge in [-0.25, -0.2) is 9.18 Å². The maximum absolute atomic E-state index is 13.5. The van der Waals surface area contributed by atoms with Crippen molar-refractivity contribution in [3.63, 3.8) is 0 Å². The van der Waals surface area contributed by atoms with Crippen molar-refractivity contribution in [2.45, 2.75) is 13.3 Å². The van der Waals surface area contributed by atoms with E-state index in [1.807, 2.05) is 37.3 Å². The van der Waals surface area contributed by atoms with Gasteiger partial charge in [0, 0.05) is 63.0 Å². The number of nitrogens with zero attached hydrogens (tertiary/aromatic N) is 2. The molecule has 0 atom stereocenters. The molecule has 3 amide bonds. The number of hydrogen-bond donors (Lipinski definition) is 3. The number of para-hydroxylation sites is 2. The van der Waals surface area contributed by atoms with Gasteiger partial charge in [0.25, 0.3) is 5.91 Å². The minimum absolute atomic E-state index is 0.0961. The Bertz CT molecular complexity index is 1350. The van der Waals surface area contributed by atoms with Gasteiger partial charge in [0.15, 0.2) is 0 Å². The third-order valence-corrected chi connectivity index (χ3v) is 6.97. The number of ether oxygens (including phenoxy) is 2. The van der Waals surface area contributed by atoms with Crippen LogP contribution in [-0.4, -0.2) is 65.0 Å². The summed E-state index contributed by atoms with van der Waals surface area (Å²) < 4.78 is 24.4. The number of anilines is 4. The third kappa shape index (κ3) is 8.02. The Morgan fingerprint density at radius 3 is 2.27 bits per heavy atom. The number of hydrogen-bond acceptors (Lipinski definition) is 6. The van der Waals surface area contributed by atoms with Gasteiger partial charge in [0.05, 0.1) is 23.4 Å². The molecule has 1 saturated heterocycles. The molecular weight excluding hydrogens is 549 g/mol. The SMILES string of the molecule is CCOCCCNC(=O)c1cc(NC(=O)Nc2ccc(F)c(Cl)c2)ccc1N1CCN(c2ccccc2OC)CC1. The fourth-order valence-corrected chi connectivity index (χ4v) is 4.81. The molecule has 0 saturated carbocycles. The highest BCUT2D eigenvalue weighted by atomic mass is 35.5. The van der Waals surface area contributed by atoms with E-state index in [0.717, 1.165) is 30.2 Å². The summed E-state index contributed by atoms with van der Waals surface area (Å²) in [6, 6.07) is 16.6. The lowest BCUT2D eigenvalue weighted by Gasteiger charge is -2.38. The van der Waals surface area contributed by atoms with Crippen LogP contribution in [0.2, 0.25) is 5.02 Å². The van der Waals surface area contributed by atoms with E-state index in [2.05, 4.69) is 25.8 Å². The summed E-state index contributed by atoms with van der Waals surface area (Å²) in [6.45, 7) is 6.46. The monoisotopic (exact) mass is 583 g/mol. The van der Waals surface area contributed by atoms with Crippen molar-refractivity contribution in [3.05, 3.63) is 77.1 Å². The first-order valence-corrected chi connectivity index (χ1v) is 13.9. The summed E-state index contributed by atoms with van der Waals surface area (Å²) in [7, 11) is 1.67. The topological polar surface area (TPSA) is 95.2 Å². The van der Waals surface area contributed by atoms with Crippen LogP contribution in [0.5, 0.6) is 5.75 Å². The van der Waals surface area contributed by atoms with Gasteiger partial charge >= 0.3 is 6.03 Å². The van der Waals surface area contributed by atoms with Crippen molar-refractivity contribution >= 4 is 46.3 Å². The first kappa shape index (κ1) is 30.0. The number of halogens is 2. The predicted molar refractivity (Wildman–Crippen MR) is 161 cm³/mol. The Kier molecular flexibility index (Phi) is 10.6. The second-order valence-electron chi connectivity index (χ2n) is 9.39. The Morgan fingerprint density at radius 1 is 0.927 bits per heavy atom. The Morgan fingerprint density at radius 2 is 1.59 bits per heavy atom. The van der Waals surface area contributed by atoms with Crippen LogP contribution in [0.25, 0.3) is 0 Å². The molecule has 0 unspecified atom stereocenters. The molecule has 3 aromatic carbocycles. The molecule has 1 fully saturated rings. The number of urea groups is 1. The molecular formula is C30H35ClFN5O4. The molecule has 0 radical (unpaired) electrons. The standard InChI is InChI=1S/C30H35ClFN5O4/c1-3-41-18-6-13-33-29(38)23-19-21(34-30(39)35-22-9-11-25(32)24(31)20-22)10-12-26(23)36-14-16-37(17-15-36)27-7-4-5-8-28(27)40-2/h4-5,7-12,19-20H,3,6,13-18H2,1-2H3,(H,33,38)(H2,34,35,39). The van der Waals surface area contributed by atoms with Crippen LogP contribution >= 0.6 is 11.6 Å². The van der Waals surface area contributed by atoms with Gasteiger partial charge in [-0.3, -0.25) is 4.79 Å². The van der Waals surface area contributed by atoms with Crippen molar-refractivity contribution in [1.82, 2.24) is 5.32 Å². The molecule has 0 spiro atoms. The number of nitrogens with one attached hydrogen (secondary N) is 3. The van der Waals surface area contributed by atoms with E-state index in [-0.39, 0.29) is 10.9 Å². The number of methoxy groups -OCH3 is 1. The van der Waals surface area contributed by atoms with Gasteiger partial charge in [-0.05, 0) is 61.9 Å². The summed E-state index contributed by atoms with van der Waals surface area (Å²) in [4.78, 5) is 30.4. The quantitative estimate of drug-likeness (QED) is 0.254. The molecule has 4 rings (SSSR count). The first-order valence-electron chi connectivity index (χ1n) is 13.6. The van der Waals surface area contributed by atoms with Crippen LogP contribution in [0, 0.1) is 5.82 Å². The van der Waals surface area contributed by atoms with Gasteiger partial charge in [0.1, 0.15) is 11.6 Å². The predicted octanol–water partition coefficient (Wildman–Crippen LogP) is 5.61. The Balaban J connectivity index is 1.48. The molecule has 41 heavy (non-hydrogen) atoms. The minimum atomic E-state index is -0.575. The van der Waals surface area contributed by atoms with E-state index in [0.29, 0.717) is 56.2 Å². The maximum Gasteiger partial charge on any atom is 0.323 e. The number of rotatable bonds is 11. The highest BCUT2D eigenvalue weighted by Gasteiger charge is 2.24. The largest absolute Gasteiger partial charge is 0.495 e. The van der Waals surface area contributed by atoms with Crippen molar-refractivity contribution in [2.75, 3.05) is 73.5 Å². The number of benzene rings is 3. The second-order valence-corrected chi connectivity index (χ2v) is 9.80. The summed E-state index contributed by atoms with van der Waals surface area (Å²) >= 11 is 5.82.